The van der Waals surface area contributed by atoms with E-state index in [1.807, 2.05) is 12.1 Å². The second-order valence-electron chi connectivity index (χ2n) is 9.87. The van der Waals surface area contributed by atoms with E-state index in [1.54, 1.807) is 18.3 Å². The molecule has 0 bridgehead atoms. The normalized spacial score (nSPS) is 17.3. The van der Waals surface area contributed by atoms with Crippen LogP contribution in [-0.2, 0) is 4.74 Å². The Kier molecular flexibility index (Phi) is 6.92. The molecule has 0 radical (unpaired) electrons. The number of imidazole rings is 1. The first-order valence-corrected chi connectivity index (χ1v) is 13.0. The minimum Gasteiger partial charge on any atom is -0.397 e. The number of aromatic nitrogens is 6. The number of likely N-dealkylation sites (tertiary alicyclic amines) is 1. The third kappa shape index (κ3) is 5.19. The lowest BCUT2D eigenvalue weighted by atomic mass is 10.1. The van der Waals surface area contributed by atoms with Gasteiger partial charge in [0.15, 0.2) is 11.6 Å². The highest BCUT2D eigenvalue weighted by atomic mass is 19.3. The maximum Gasteiger partial charge on any atom is 0.296 e. The summed E-state index contributed by atoms with van der Waals surface area (Å²) in [5.41, 5.74) is 8.91. The standard InChI is InChI=1S/C26H30F2N10O/c1-36-6-4-17(5-7-36)33-23-19(12-16(29)14-30-23)24-31-15-32-26(35-24)38-21-13-18(37-8-10-39-11-9-37)2-3-20(21)34-25(38)22(27)28/h2-3,12-15,17,22H,4-11,29H2,1H3,(H,30,33). The molecule has 0 unspecified atom stereocenters. The predicted octanol–water partition coefficient (Wildman–Crippen LogP) is 3.14. The van der Waals surface area contributed by atoms with Gasteiger partial charge in [-0.3, -0.25) is 4.57 Å². The van der Waals surface area contributed by atoms with Gasteiger partial charge in [-0.05, 0) is 57.2 Å². The molecule has 13 heteroatoms. The number of rotatable bonds is 6. The third-order valence-electron chi connectivity index (χ3n) is 7.20. The van der Waals surface area contributed by atoms with Gasteiger partial charge >= 0.3 is 0 Å². The summed E-state index contributed by atoms with van der Waals surface area (Å²) in [6.07, 6.45) is 1.99. The van der Waals surface area contributed by atoms with Gasteiger partial charge in [-0.15, -0.1) is 0 Å². The number of piperidine rings is 1. The van der Waals surface area contributed by atoms with Gasteiger partial charge in [-0.25, -0.2) is 28.7 Å². The topological polar surface area (TPSA) is 123 Å². The summed E-state index contributed by atoms with van der Waals surface area (Å²) in [6, 6.07) is 7.45. The van der Waals surface area contributed by atoms with Crippen molar-refractivity contribution in [3.8, 4) is 17.3 Å². The Balaban J connectivity index is 1.41. The van der Waals surface area contributed by atoms with E-state index in [1.165, 1.54) is 10.9 Å². The number of fused-ring (bicyclic) bond motifs is 1. The van der Waals surface area contributed by atoms with Gasteiger partial charge in [-0.1, -0.05) is 0 Å². The van der Waals surface area contributed by atoms with E-state index in [0.29, 0.717) is 54.4 Å². The zero-order chi connectivity index (χ0) is 26.9. The van der Waals surface area contributed by atoms with Gasteiger partial charge < -0.3 is 25.6 Å². The van der Waals surface area contributed by atoms with Gasteiger partial charge in [0.1, 0.15) is 12.1 Å². The molecule has 6 rings (SSSR count). The van der Waals surface area contributed by atoms with E-state index in [-0.39, 0.29) is 17.8 Å². The molecule has 0 atom stereocenters. The number of morpholine rings is 1. The van der Waals surface area contributed by atoms with Crippen molar-refractivity contribution in [3.63, 3.8) is 0 Å². The number of benzene rings is 1. The van der Waals surface area contributed by atoms with E-state index >= 15 is 0 Å². The van der Waals surface area contributed by atoms with Crippen LogP contribution in [-0.4, -0.2) is 86.9 Å². The lowest BCUT2D eigenvalue weighted by Gasteiger charge is -2.30. The lowest BCUT2D eigenvalue weighted by molar-refractivity contribution is 0.122. The molecule has 4 aromatic rings. The van der Waals surface area contributed by atoms with Gasteiger partial charge in [0.25, 0.3) is 6.43 Å². The summed E-state index contributed by atoms with van der Waals surface area (Å²) in [7, 11) is 2.10. The molecular weight excluding hydrogens is 506 g/mol. The molecule has 0 saturated carbocycles. The fourth-order valence-corrected chi connectivity index (χ4v) is 5.09. The smallest absolute Gasteiger partial charge is 0.296 e. The molecule has 2 saturated heterocycles. The molecule has 39 heavy (non-hydrogen) atoms. The molecule has 11 nitrogen and oxygen atoms in total. The first-order valence-electron chi connectivity index (χ1n) is 13.0. The van der Waals surface area contributed by atoms with Crippen LogP contribution in [0.25, 0.3) is 28.4 Å². The number of nitrogens with two attached hydrogens (primary N) is 1. The Labute approximate surface area is 224 Å². The number of alkyl halides is 2. The van der Waals surface area contributed by atoms with E-state index < -0.39 is 12.2 Å². The summed E-state index contributed by atoms with van der Waals surface area (Å²) in [5, 5.41) is 3.50. The number of pyridine rings is 1. The Morgan fingerprint density at radius 3 is 2.59 bits per heavy atom. The molecular formula is C26H30F2N10O. The van der Waals surface area contributed by atoms with E-state index in [9.17, 15) is 8.78 Å². The SMILES string of the molecule is CN1CCC(Nc2ncc(N)cc2-c2ncnc(-n3c(C(F)F)nc4ccc(N5CCOCC5)cc43)n2)CC1. The molecule has 3 N–H and O–H groups in total. The Morgan fingerprint density at radius 2 is 1.82 bits per heavy atom. The molecule has 5 heterocycles. The second kappa shape index (κ2) is 10.7. The zero-order valence-corrected chi connectivity index (χ0v) is 21.6. The summed E-state index contributed by atoms with van der Waals surface area (Å²) >= 11 is 0. The molecule has 0 spiro atoms. The number of anilines is 3. The summed E-state index contributed by atoms with van der Waals surface area (Å²) < 4.78 is 35.2. The summed E-state index contributed by atoms with van der Waals surface area (Å²) in [4.78, 5) is 26.4. The second-order valence-corrected chi connectivity index (χ2v) is 9.87. The molecule has 204 valence electrons. The van der Waals surface area contributed by atoms with Crippen LogP contribution in [0.15, 0.2) is 36.8 Å². The Bertz CT molecular complexity index is 1460. The predicted molar refractivity (Wildman–Crippen MR) is 144 cm³/mol. The zero-order valence-electron chi connectivity index (χ0n) is 21.6. The maximum absolute atomic E-state index is 14.2. The lowest BCUT2D eigenvalue weighted by Crippen LogP contribution is -2.37. The van der Waals surface area contributed by atoms with Crippen LogP contribution in [0.3, 0.4) is 0 Å². The molecule has 0 aliphatic carbocycles. The largest absolute Gasteiger partial charge is 0.397 e. The third-order valence-corrected chi connectivity index (χ3v) is 7.20. The van der Waals surface area contributed by atoms with Gasteiger partial charge in [0.2, 0.25) is 5.95 Å². The van der Waals surface area contributed by atoms with Gasteiger partial charge in [0.05, 0.1) is 41.7 Å². The van der Waals surface area contributed by atoms with E-state index in [4.69, 9.17) is 10.5 Å². The summed E-state index contributed by atoms with van der Waals surface area (Å²) in [5.74, 6) is 0.484. The fourth-order valence-electron chi connectivity index (χ4n) is 5.09. The fraction of sp³-hybridized carbons (Fsp3) is 0.423. The monoisotopic (exact) mass is 536 g/mol. The first-order chi connectivity index (χ1) is 19.0. The quantitative estimate of drug-likeness (QED) is 0.380. The minimum atomic E-state index is -2.83. The van der Waals surface area contributed by atoms with E-state index in [2.05, 4.69) is 47.1 Å². The van der Waals surface area contributed by atoms with Crippen LogP contribution in [0.2, 0.25) is 0 Å². The van der Waals surface area contributed by atoms with Crippen molar-refractivity contribution in [3.05, 3.63) is 42.6 Å². The first kappa shape index (κ1) is 25.3. The van der Waals surface area contributed by atoms with Gasteiger partial charge in [-0.2, -0.15) is 4.98 Å². The molecule has 2 aliphatic rings. The molecule has 1 aromatic carbocycles. The number of hydrogen-bond acceptors (Lipinski definition) is 10. The van der Waals surface area contributed by atoms with Crippen molar-refractivity contribution >= 4 is 28.2 Å². The van der Waals surface area contributed by atoms with Crippen molar-refractivity contribution in [2.75, 3.05) is 62.4 Å². The highest BCUT2D eigenvalue weighted by molar-refractivity contribution is 5.82. The van der Waals surface area contributed by atoms with Crippen molar-refractivity contribution in [1.82, 2.24) is 34.4 Å². The average Bonchev–Trinajstić information content (AvgIpc) is 3.35. The van der Waals surface area contributed by atoms with Crippen LogP contribution in [0.5, 0.6) is 0 Å². The average molecular weight is 537 g/mol. The molecule has 3 aromatic heterocycles. The van der Waals surface area contributed by atoms with Crippen molar-refractivity contribution in [2.45, 2.75) is 25.3 Å². The number of halogens is 2. The minimum absolute atomic E-state index is 0.0459. The van der Waals surface area contributed by atoms with Crippen molar-refractivity contribution in [2.24, 2.45) is 0 Å². The van der Waals surface area contributed by atoms with Crippen LogP contribution in [0.1, 0.15) is 25.1 Å². The molecule has 2 aliphatic heterocycles. The Hall–Kier alpha value is -3.97. The number of nitrogen functional groups attached to an aromatic ring is 1. The number of ether oxygens (including phenoxy) is 1. The number of nitrogens with zero attached hydrogens (tertiary/aromatic N) is 8. The molecule has 2 fully saturated rings. The Morgan fingerprint density at radius 1 is 1.03 bits per heavy atom. The summed E-state index contributed by atoms with van der Waals surface area (Å²) in [6.45, 7) is 4.61. The molecule has 0 amide bonds. The van der Waals surface area contributed by atoms with Crippen LogP contribution < -0.4 is 16.0 Å². The highest BCUT2D eigenvalue weighted by Gasteiger charge is 2.25. The van der Waals surface area contributed by atoms with Crippen LogP contribution in [0, 0.1) is 0 Å². The maximum atomic E-state index is 14.2. The highest BCUT2D eigenvalue weighted by Crippen LogP contribution is 2.32. The number of nitrogens with one attached hydrogen (secondary N) is 1. The van der Waals surface area contributed by atoms with E-state index in [0.717, 1.165) is 31.6 Å². The van der Waals surface area contributed by atoms with Crippen molar-refractivity contribution in [1.29, 1.82) is 0 Å². The number of hydrogen-bond donors (Lipinski definition) is 2. The van der Waals surface area contributed by atoms with Crippen LogP contribution >= 0.6 is 0 Å². The van der Waals surface area contributed by atoms with Crippen LogP contribution in [0.4, 0.5) is 26.0 Å². The van der Waals surface area contributed by atoms with Gasteiger partial charge in [0, 0.05) is 24.8 Å². The van der Waals surface area contributed by atoms with Crippen molar-refractivity contribution < 1.29 is 13.5 Å².